The molecule has 0 radical (unpaired) electrons. The highest BCUT2D eigenvalue weighted by molar-refractivity contribution is 6.36. The molecule has 0 saturated heterocycles. The van der Waals surface area contributed by atoms with Gasteiger partial charge >= 0.3 is 0 Å². The number of methoxy groups -OCH3 is 1. The van der Waals surface area contributed by atoms with Crippen LogP contribution in [-0.2, 0) is 22.3 Å². The lowest BCUT2D eigenvalue weighted by Gasteiger charge is -2.18. The third-order valence-corrected chi connectivity index (χ3v) is 8.98. The molecular weight excluding hydrogens is 601 g/mol. The molecule has 1 aliphatic heterocycles. The molecule has 0 fully saturated rings. The SMILES string of the molecule is COc1nc(CC2CCc3c(-c4cccc(-c5ccn6c(=O)c(C=O)cnc6c5)c4Cl)cccc32)c(Cl)cc1C1OC=CO1. The third kappa shape index (κ3) is 4.80. The van der Waals surface area contributed by atoms with E-state index < -0.39 is 11.8 Å². The monoisotopic (exact) mass is 625 g/mol. The number of carbonyl (C=O) groups is 1. The Bertz CT molecular complexity index is 2030. The minimum Gasteiger partial charge on any atom is -0.481 e. The summed E-state index contributed by atoms with van der Waals surface area (Å²) < 4.78 is 17.9. The number of carbonyl (C=O) groups excluding carboxylic acids is 1. The van der Waals surface area contributed by atoms with Crippen molar-refractivity contribution in [3.05, 3.63) is 128 Å². The van der Waals surface area contributed by atoms with Crippen molar-refractivity contribution < 1.29 is 19.0 Å². The van der Waals surface area contributed by atoms with Crippen LogP contribution < -0.4 is 10.3 Å². The lowest BCUT2D eigenvalue weighted by molar-refractivity contribution is -0.0265. The lowest BCUT2D eigenvalue weighted by atomic mass is 9.91. The van der Waals surface area contributed by atoms with Gasteiger partial charge in [-0.3, -0.25) is 14.0 Å². The molecule has 1 unspecified atom stereocenters. The predicted octanol–water partition coefficient (Wildman–Crippen LogP) is 7.34. The molecule has 0 N–H and O–H groups in total. The van der Waals surface area contributed by atoms with E-state index >= 15 is 0 Å². The van der Waals surface area contributed by atoms with Crippen molar-refractivity contribution in [2.75, 3.05) is 7.11 Å². The van der Waals surface area contributed by atoms with Crippen LogP contribution in [0, 0.1) is 0 Å². The van der Waals surface area contributed by atoms with E-state index in [-0.39, 0.29) is 11.5 Å². The number of aldehydes is 1. The Labute approximate surface area is 262 Å². The number of rotatable bonds is 7. The van der Waals surface area contributed by atoms with Crippen molar-refractivity contribution in [1.29, 1.82) is 0 Å². The molecule has 7 rings (SSSR count). The fourth-order valence-corrected chi connectivity index (χ4v) is 6.70. The second-order valence-corrected chi connectivity index (χ2v) is 11.4. The highest BCUT2D eigenvalue weighted by Crippen LogP contribution is 2.45. The van der Waals surface area contributed by atoms with Crippen LogP contribution in [0.2, 0.25) is 10.0 Å². The van der Waals surface area contributed by atoms with Gasteiger partial charge in [0.1, 0.15) is 18.2 Å². The van der Waals surface area contributed by atoms with Crippen LogP contribution in [0.4, 0.5) is 0 Å². The fourth-order valence-electron chi connectivity index (χ4n) is 6.12. The molecule has 2 aromatic carbocycles. The molecule has 220 valence electrons. The Hall–Kier alpha value is -4.66. The molecule has 5 aromatic rings. The fraction of sp³-hybridized carbons (Fsp3) is 0.176. The van der Waals surface area contributed by atoms with E-state index in [1.807, 2.05) is 18.2 Å². The number of aromatic nitrogens is 3. The maximum absolute atomic E-state index is 12.5. The average molecular weight is 626 g/mol. The van der Waals surface area contributed by atoms with Gasteiger partial charge in [0.2, 0.25) is 5.88 Å². The molecule has 3 aromatic heterocycles. The van der Waals surface area contributed by atoms with Crippen LogP contribution in [0.5, 0.6) is 5.88 Å². The molecule has 0 saturated carbocycles. The van der Waals surface area contributed by atoms with Gasteiger partial charge in [0, 0.05) is 23.5 Å². The lowest BCUT2D eigenvalue weighted by Crippen LogP contribution is -2.18. The maximum Gasteiger partial charge on any atom is 0.271 e. The zero-order chi connectivity index (χ0) is 30.4. The number of halogens is 2. The molecule has 0 amide bonds. The van der Waals surface area contributed by atoms with Gasteiger partial charge in [0.25, 0.3) is 11.8 Å². The first kappa shape index (κ1) is 28.1. The zero-order valence-corrected chi connectivity index (χ0v) is 25.0. The van der Waals surface area contributed by atoms with E-state index in [1.54, 1.807) is 31.5 Å². The topological polar surface area (TPSA) is 92.0 Å². The van der Waals surface area contributed by atoms with Crippen LogP contribution >= 0.6 is 23.2 Å². The normalized spacial score (nSPS) is 15.7. The minimum absolute atomic E-state index is 0.00606. The summed E-state index contributed by atoms with van der Waals surface area (Å²) in [4.78, 5) is 32.7. The number of ether oxygens (including phenoxy) is 3. The third-order valence-electron chi connectivity index (χ3n) is 8.25. The summed E-state index contributed by atoms with van der Waals surface area (Å²) in [5.74, 6) is 0.640. The van der Waals surface area contributed by atoms with Gasteiger partial charge in [-0.1, -0.05) is 59.6 Å². The summed E-state index contributed by atoms with van der Waals surface area (Å²) in [7, 11) is 1.57. The molecule has 0 bridgehead atoms. The van der Waals surface area contributed by atoms with Crippen molar-refractivity contribution in [3.63, 3.8) is 0 Å². The van der Waals surface area contributed by atoms with Gasteiger partial charge in [-0.25, -0.2) is 9.97 Å². The summed E-state index contributed by atoms with van der Waals surface area (Å²) in [5, 5.41) is 1.14. The van der Waals surface area contributed by atoms with Crippen LogP contribution in [0.25, 0.3) is 27.9 Å². The Morgan fingerprint density at radius 2 is 1.80 bits per heavy atom. The predicted molar refractivity (Wildman–Crippen MR) is 167 cm³/mol. The second kappa shape index (κ2) is 11.4. The Morgan fingerprint density at radius 1 is 1.02 bits per heavy atom. The Morgan fingerprint density at radius 3 is 2.59 bits per heavy atom. The number of benzene rings is 2. The summed E-state index contributed by atoms with van der Waals surface area (Å²) in [6, 6.07) is 17.7. The summed E-state index contributed by atoms with van der Waals surface area (Å²) in [5.41, 5.74) is 7.56. The zero-order valence-electron chi connectivity index (χ0n) is 23.5. The van der Waals surface area contributed by atoms with Gasteiger partial charge in [-0.05, 0) is 65.6 Å². The molecule has 1 atom stereocenters. The number of pyridine rings is 2. The van der Waals surface area contributed by atoms with E-state index in [4.69, 9.17) is 42.4 Å². The quantitative estimate of drug-likeness (QED) is 0.175. The summed E-state index contributed by atoms with van der Waals surface area (Å²) >= 11 is 13.8. The number of nitrogens with zero attached hydrogens (tertiary/aromatic N) is 3. The second-order valence-electron chi connectivity index (χ2n) is 10.7. The van der Waals surface area contributed by atoms with Crippen LogP contribution in [0.15, 0.2) is 84.3 Å². The summed E-state index contributed by atoms with van der Waals surface area (Å²) in [6.07, 6.45) is 8.23. The van der Waals surface area contributed by atoms with Crippen molar-refractivity contribution in [2.45, 2.75) is 31.5 Å². The van der Waals surface area contributed by atoms with E-state index in [2.05, 4.69) is 23.2 Å². The van der Waals surface area contributed by atoms with Crippen molar-refractivity contribution in [1.82, 2.24) is 14.4 Å². The smallest absolute Gasteiger partial charge is 0.271 e. The number of fused-ring (bicyclic) bond motifs is 2. The minimum atomic E-state index is -0.636. The highest BCUT2D eigenvalue weighted by Gasteiger charge is 2.29. The average Bonchev–Trinajstić information content (AvgIpc) is 3.73. The van der Waals surface area contributed by atoms with Gasteiger partial charge in [-0.15, -0.1) is 0 Å². The first-order valence-electron chi connectivity index (χ1n) is 14.0. The highest BCUT2D eigenvalue weighted by atomic mass is 35.5. The molecule has 8 nitrogen and oxygen atoms in total. The molecule has 10 heteroatoms. The van der Waals surface area contributed by atoms with E-state index in [1.165, 1.54) is 34.2 Å². The van der Waals surface area contributed by atoms with Gasteiger partial charge in [0.05, 0.1) is 34.0 Å². The van der Waals surface area contributed by atoms with Crippen LogP contribution in [0.3, 0.4) is 0 Å². The van der Waals surface area contributed by atoms with Crippen LogP contribution in [0.1, 0.15) is 51.4 Å². The first-order valence-corrected chi connectivity index (χ1v) is 14.8. The van der Waals surface area contributed by atoms with Gasteiger partial charge in [-0.2, -0.15) is 0 Å². The van der Waals surface area contributed by atoms with E-state index in [0.717, 1.165) is 40.8 Å². The molecular formula is C34H25Cl2N3O5. The standard InChI is InChI=1S/C34H25Cl2N3O5/c1-42-32-27(34-43-12-13-44-34)16-28(35)29(38-32)14-19-8-9-25-22(19)4-2-6-24(25)26-7-3-5-23(31(26)36)20-10-11-39-30(15-20)37-17-21(18-40)33(39)41/h2-7,10-13,15-19,34H,8-9,14H2,1H3. The van der Waals surface area contributed by atoms with E-state index in [9.17, 15) is 9.59 Å². The van der Waals surface area contributed by atoms with Gasteiger partial charge in [0.15, 0.2) is 6.29 Å². The molecule has 44 heavy (non-hydrogen) atoms. The van der Waals surface area contributed by atoms with Gasteiger partial charge < -0.3 is 14.2 Å². The number of hydrogen-bond donors (Lipinski definition) is 0. The summed E-state index contributed by atoms with van der Waals surface area (Å²) in [6.45, 7) is 0. The van der Waals surface area contributed by atoms with Crippen molar-refractivity contribution in [3.8, 4) is 28.1 Å². The van der Waals surface area contributed by atoms with Crippen molar-refractivity contribution in [2.24, 2.45) is 0 Å². The van der Waals surface area contributed by atoms with Crippen molar-refractivity contribution >= 4 is 35.1 Å². The Kier molecular flexibility index (Phi) is 7.32. The first-order chi connectivity index (χ1) is 21.5. The molecule has 4 heterocycles. The molecule has 2 aliphatic rings. The van der Waals surface area contributed by atoms with Crippen LogP contribution in [-0.4, -0.2) is 27.8 Å². The maximum atomic E-state index is 12.5. The molecule has 1 aliphatic carbocycles. The molecule has 0 spiro atoms. The number of hydrogen-bond acceptors (Lipinski definition) is 7. The Balaban J connectivity index is 1.21. The largest absolute Gasteiger partial charge is 0.481 e. The van der Waals surface area contributed by atoms with E-state index in [0.29, 0.717) is 39.8 Å².